The Morgan fingerprint density at radius 2 is 1.90 bits per heavy atom. The van der Waals surface area contributed by atoms with Crippen molar-refractivity contribution in [2.75, 3.05) is 7.11 Å². The van der Waals surface area contributed by atoms with Crippen LogP contribution < -0.4 is 10.5 Å². The van der Waals surface area contributed by atoms with Crippen LogP contribution in [0.5, 0.6) is 5.75 Å². The van der Waals surface area contributed by atoms with Gasteiger partial charge in [0.2, 0.25) is 5.91 Å². The first kappa shape index (κ1) is 20.7. The zero-order valence-electron chi connectivity index (χ0n) is 16.6. The summed E-state index contributed by atoms with van der Waals surface area (Å²) in [6, 6.07) is 16.7. The van der Waals surface area contributed by atoms with Crippen LogP contribution in [0.2, 0.25) is 0 Å². The minimum atomic E-state index is -1.02. The summed E-state index contributed by atoms with van der Waals surface area (Å²) in [6.45, 7) is 0.471. The predicted octanol–water partition coefficient (Wildman–Crippen LogP) is 1.90. The Labute approximate surface area is 179 Å². The fourth-order valence-corrected chi connectivity index (χ4v) is 5.69. The standard InChI is InChI=1S/C22H25N3O4S/c1-29-15-9-7-13(8-10-15)12-25-18-19(27)17(26)11-16(21(23)28)20(18)30-22(25)24-14-5-3-2-4-6-14/h2-10,16-20,26-27H,11-12H2,1H3,(H2,23,28)/t16-,17+,18-,19-,20+/m0/s1. The first-order valence-corrected chi connectivity index (χ1v) is 10.7. The Balaban J connectivity index is 1.72. The molecule has 1 saturated carbocycles. The zero-order chi connectivity index (χ0) is 21.3. The van der Waals surface area contributed by atoms with Crippen LogP contribution in [-0.2, 0) is 11.3 Å². The van der Waals surface area contributed by atoms with Crippen molar-refractivity contribution in [1.82, 2.24) is 4.90 Å². The highest BCUT2D eigenvalue weighted by Crippen LogP contribution is 2.45. The lowest BCUT2D eigenvalue weighted by Gasteiger charge is -2.41. The van der Waals surface area contributed by atoms with E-state index in [2.05, 4.69) is 0 Å². The van der Waals surface area contributed by atoms with Gasteiger partial charge in [-0.05, 0) is 36.2 Å². The molecule has 7 nitrogen and oxygen atoms in total. The van der Waals surface area contributed by atoms with Gasteiger partial charge in [-0.1, -0.05) is 42.1 Å². The first-order chi connectivity index (χ1) is 14.5. The van der Waals surface area contributed by atoms with Gasteiger partial charge in [0, 0.05) is 11.8 Å². The van der Waals surface area contributed by atoms with Crippen molar-refractivity contribution in [2.24, 2.45) is 16.6 Å². The van der Waals surface area contributed by atoms with Gasteiger partial charge in [0.15, 0.2) is 5.17 Å². The molecule has 0 spiro atoms. The minimum absolute atomic E-state index is 0.152. The smallest absolute Gasteiger partial charge is 0.221 e. The number of nitrogens with zero attached hydrogens (tertiary/aromatic N) is 2. The number of methoxy groups -OCH3 is 1. The number of nitrogens with two attached hydrogens (primary N) is 1. The highest BCUT2D eigenvalue weighted by atomic mass is 32.2. The normalized spacial score (nSPS) is 29.6. The average Bonchev–Trinajstić information content (AvgIpc) is 3.09. The molecule has 1 amide bonds. The highest BCUT2D eigenvalue weighted by molar-refractivity contribution is 8.14. The molecule has 2 aliphatic rings. The molecule has 0 radical (unpaired) electrons. The van der Waals surface area contributed by atoms with E-state index in [0.717, 1.165) is 17.0 Å². The molecular weight excluding hydrogens is 402 g/mol. The van der Waals surface area contributed by atoms with Crippen molar-refractivity contribution < 1.29 is 19.7 Å². The lowest BCUT2D eigenvalue weighted by Crippen LogP contribution is -2.58. The maximum atomic E-state index is 12.1. The molecule has 0 aromatic heterocycles. The summed E-state index contributed by atoms with van der Waals surface area (Å²) in [7, 11) is 1.62. The van der Waals surface area contributed by atoms with Crippen LogP contribution in [0.15, 0.2) is 59.6 Å². The number of carbonyl (C=O) groups is 1. The van der Waals surface area contributed by atoms with E-state index in [0.29, 0.717) is 11.7 Å². The molecule has 1 aliphatic heterocycles. The van der Waals surface area contributed by atoms with Gasteiger partial charge in [0.1, 0.15) is 11.9 Å². The van der Waals surface area contributed by atoms with E-state index >= 15 is 0 Å². The fourth-order valence-electron chi connectivity index (χ4n) is 4.11. The van der Waals surface area contributed by atoms with Crippen molar-refractivity contribution >= 4 is 28.5 Å². The van der Waals surface area contributed by atoms with Crippen molar-refractivity contribution in [3.05, 3.63) is 60.2 Å². The van der Waals surface area contributed by atoms with Gasteiger partial charge in [-0.25, -0.2) is 4.99 Å². The van der Waals surface area contributed by atoms with Gasteiger partial charge in [-0.15, -0.1) is 0 Å². The third-order valence-corrected chi connectivity index (χ3v) is 7.09. The van der Waals surface area contributed by atoms with Gasteiger partial charge in [-0.3, -0.25) is 4.79 Å². The van der Waals surface area contributed by atoms with Gasteiger partial charge in [0.05, 0.1) is 30.9 Å². The molecular formula is C22H25N3O4S. The summed E-state index contributed by atoms with van der Waals surface area (Å²) < 4.78 is 5.23. The summed E-state index contributed by atoms with van der Waals surface area (Å²) in [5.41, 5.74) is 7.42. The maximum absolute atomic E-state index is 12.1. The highest BCUT2D eigenvalue weighted by Gasteiger charge is 2.54. The number of carbonyl (C=O) groups excluding carboxylic acids is 1. The number of ether oxygens (including phenoxy) is 1. The molecule has 158 valence electrons. The SMILES string of the molecule is COc1ccc(CN2C(=Nc3ccccc3)S[C@H]3[C@@H]2[C@@H](O)[C@H](O)C[C@@H]3C(N)=O)cc1. The van der Waals surface area contributed by atoms with E-state index in [1.165, 1.54) is 11.8 Å². The second kappa shape index (κ2) is 8.67. The number of aliphatic hydroxyl groups is 2. The fraction of sp³-hybridized carbons (Fsp3) is 0.364. The third kappa shape index (κ3) is 4.03. The number of hydrogen-bond donors (Lipinski definition) is 3. The Bertz CT molecular complexity index is 922. The molecule has 1 saturated heterocycles. The van der Waals surface area contributed by atoms with Crippen molar-refractivity contribution in [3.8, 4) is 5.75 Å². The number of thioether (sulfide) groups is 1. The number of fused-ring (bicyclic) bond motifs is 1. The number of aliphatic imine (C=N–C) groups is 1. The van der Waals surface area contributed by atoms with Crippen LogP contribution in [0.1, 0.15) is 12.0 Å². The van der Waals surface area contributed by atoms with E-state index in [1.807, 2.05) is 59.5 Å². The Hall–Kier alpha value is -2.55. The topological polar surface area (TPSA) is 108 Å². The van der Waals surface area contributed by atoms with E-state index in [9.17, 15) is 15.0 Å². The molecule has 4 N–H and O–H groups in total. The quantitative estimate of drug-likeness (QED) is 0.673. The molecule has 2 aromatic carbocycles. The van der Waals surface area contributed by atoms with Gasteiger partial charge >= 0.3 is 0 Å². The van der Waals surface area contributed by atoms with Crippen molar-refractivity contribution in [1.29, 1.82) is 0 Å². The van der Waals surface area contributed by atoms with Crippen LogP contribution in [-0.4, -0.2) is 56.8 Å². The molecule has 0 unspecified atom stereocenters. The van der Waals surface area contributed by atoms with E-state index < -0.39 is 30.1 Å². The summed E-state index contributed by atoms with van der Waals surface area (Å²) in [5, 5.41) is 21.7. The number of benzene rings is 2. The van der Waals surface area contributed by atoms with E-state index in [1.54, 1.807) is 7.11 Å². The second-order valence-electron chi connectivity index (χ2n) is 7.58. The monoisotopic (exact) mass is 427 g/mol. The summed E-state index contributed by atoms with van der Waals surface area (Å²) in [5.74, 6) is -0.249. The largest absolute Gasteiger partial charge is 0.497 e. The summed E-state index contributed by atoms with van der Waals surface area (Å²) in [4.78, 5) is 18.9. The van der Waals surface area contributed by atoms with E-state index in [-0.39, 0.29) is 11.7 Å². The molecule has 8 heteroatoms. The van der Waals surface area contributed by atoms with Gasteiger partial charge in [-0.2, -0.15) is 0 Å². The number of rotatable bonds is 5. The lowest BCUT2D eigenvalue weighted by molar-refractivity contribution is -0.128. The number of hydrogen-bond acceptors (Lipinski definition) is 6. The summed E-state index contributed by atoms with van der Waals surface area (Å²) >= 11 is 1.45. The molecule has 2 aromatic rings. The van der Waals surface area contributed by atoms with Crippen LogP contribution in [0.3, 0.4) is 0 Å². The van der Waals surface area contributed by atoms with Gasteiger partial charge < -0.3 is 25.6 Å². The molecule has 1 heterocycles. The summed E-state index contributed by atoms with van der Waals surface area (Å²) in [6.07, 6.45) is -1.86. The number of para-hydroxylation sites is 1. The van der Waals surface area contributed by atoms with Crippen LogP contribution in [0.4, 0.5) is 5.69 Å². The second-order valence-corrected chi connectivity index (χ2v) is 8.73. The molecule has 5 atom stereocenters. The number of aliphatic hydroxyl groups excluding tert-OH is 2. The van der Waals surface area contributed by atoms with Crippen molar-refractivity contribution in [3.63, 3.8) is 0 Å². The predicted molar refractivity (Wildman–Crippen MR) is 117 cm³/mol. The third-order valence-electron chi connectivity index (χ3n) is 5.68. The molecule has 2 fully saturated rings. The molecule has 4 rings (SSSR count). The van der Waals surface area contributed by atoms with Gasteiger partial charge in [0.25, 0.3) is 0 Å². The van der Waals surface area contributed by atoms with Crippen LogP contribution in [0.25, 0.3) is 0 Å². The zero-order valence-corrected chi connectivity index (χ0v) is 17.4. The van der Waals surface area contributed by atoms with Crippen LogP contribution in [0, 0.1) is 5.92 Å². The Morgan fingerprint density at radius 1 is 1.20 bits per heavy atom. The Kier molecular flexibility index (Phi) is 5.99. The molecule has 1 aliphatic carbocycles. The number of amides is 1. The lowest BCUT2D eigenvalue weighted by atomic mass is 9.80. The maximum Gasteiger partial charge on any atom is 0.221 e. The average molecular weight is 428 g/mol. The Morgan fingerprint density at radius 3 is 2.53 bits per heavy atom. The van der Waals surface area contributed by atoms with Crippen molar-refractivity contribution in [2.45, 2.75) is 36.5 Å². The van der Waals surface area contributed by atoms with E-state index in [4.69, 9.17) is 15.5 Å². The minimum Gasteiger partial charge on any atom is -0.497 e. The molecule has 0 bridgehead atoms. The van der Waals surface area contributed by atoms with Crippen LogP contribution >= 0.6 is 11.8 Å². The number of primary amides is 1. The number of amidine groups is 1. The molecule has 30 heavy (non-hydrogen) atoms. The first-order valence-electron chi connectivity index (χ1n) is 9.83.